The number of nitrogens with zero attached hydrogens (tertiary/aromatic N) is 1. The van der Waals surface area contributed by atoms with Gasteiger partial charge in [-0.1, -0.05) is 46.8 Å². The molecule has 1 amide bonds. The first-order valence-electron chi connectivity index (χ1n) is 10.2. The summed E-state index contributed by atoms with van der Waals surface area (Å²) in [5.41, 5.74) is 4.81. The predicted octanol–water partition coefficient (Wildman–Crippen LogP) is 6.54. The van der Waals surface area contributed by atoms with Crippen molar-refractivity contribution in [1.29, 1.82) is 0 Å². The number of hydrogen-bond acceptors (Lipinski definition) is 1. The van der Waals surface area contributed by atoms with Gasteiger partial charge in [-0.25, -0.2) is 0 Å². The van der Waals surface area contributed by atoms with Crippen LogP contribution in [0.5, 0.6) is 0 Å². The second-order valence-corrected chi connectivity index (χ2v) is 8.02. The van der Waals surface area contributed by atoms with Gasteiger partial charge in [-0.15, -0.1) is 0 Å². The maximum absolute atomic E-state index is 13.6. The van der Waals surface area contributed by atoms with Crippen LogP contribution >= 0.6 is 0 Å². The zero-order valence-corrected chi connectivity index (χ0v) is 17.9. The molecule has 2 atom stereocenters. The third-order valence-corrected chi connectivity index (χ3v) is 5.52. The molecule has 0 spiro atoms. The first kappa shape index (κ1) is 21.7. The molecule has 0 N–H and O–H groups in total. The first-order valence-corrected chi connectivity index (χ1v) is 10.2. The molecule has 1 rings (SSSR count). The number of carbonyl (C=O) groups is 1. The number of rotatable bonds is 8. The summed E-state index contributed by atoms with van der Waals surface area (Å²) in [4.78, 5) is 15.7. The van der Waals surface area contributed by atoms with Crippen molar-refractivity contribution in [2.75, 3.05) is 0 Å². The Bertz CT molecular complexity index is 534. The molecule has 25 heavy (non-hydrogen) atoms. The van der Waals surface area contributed by atoms with Crippen molar-refractivity contribution in [2.24, 2.45) is 0 Å². The molecular weight excluding hydrogens is 306 g/mol. The molecule has 1 aromatic rings. The lowest BCUT2D eigenvalue weighted by molar-refractivity contribution is 0.0640. The van der Waals surface area contributed by atoms with Gasteiger partial charge < -0.3 is 4.90 Å². The molecule has 0 bridgehead atoms. The van der Waals surface area contributed by atoms with Crippen molar-refractivity contribution in [3.63, 3.8) is 0 Å². The van der Waals surface area contributed by atoms with Gasteiger partial charge in [-0.05, 0) is 75.5 Å². The van der Waals surface area contributed by atoms with Crippen LogP contribution in [0, 0.1) is 0 Å². The van der Waals surface area contributed by atoms with Gasteiger partial charge >= 0.3 is 0 Å². The van der Waals surface area contributed by atoms with E-state index >= 15 is 0 Å². The summed E-state index contributed by atoms with van der Waals surface area (Å²) in [5.74, 6) is 1.00. The van der Waals surface area contributed by atoms with Crippen molar-refractivity contribution in [1.82, 2.24) is 4.90 Å². The molecule has 0 aliphatic heterocycles. The zero-order chi connectivity index (χ0) is 19.3. The lowest BCUT2D eigenvalue weighted by atomic mass is 9.82. The highest BCUT2D eigenvalue weighted by molar-refractivity contribution is 5.98. The first-order chi connectivity index (χ1) is 11.7. The molecule has 142 valence electrons. The van der Waals surface area contributed by atoms with Crippen LogP contribution in [0.4, 0.5) is 0 Å². The number of benzene rings is 1. The Balaban J connectivity index is 3.70. The molecule has 1 aromatic carbocycles. The largest absolute Gasteiger partial charge is 0.334 e. The minimum atomic E-state index is 0.202. The normalized spacial score (nSPS) is 14.0. The number of hydrogen-bond donors (Lipinski definition) is 0. The van der Waals surface area contributed by atoms with Crippen molar-refractivity contribution >= 4 is 5.91 Å². The summed E-state index contributed by atoms with van der Waals surface area (Å²) < 4.78 is 0. The molecule has 2 heteroatoms. The Morgan fingerprint density at radius 2 is 1.24 bits per heavy atom. The number of aryl methyl sites for hydroxylation is 1. The van der Waals surface area contributed by atoms with Crippen LogP contribution in [-0.2, 0) is 6.42 Å². The zero-order valence-electron chi connectivity index (χ0n) is 17.9. The Hall–Kier alpha value is -1.31. The molecule has 2 nitrogen and oxygen atoms in total. The van der Waals surface area contributed by atoms with Crippen LogP contribution in [0.25, 0.3) is 0 Å². The fourth-order valence-corrected chi connectivity index (χ4v) is 3.61. The van der Waals surface area contributed by atoms with Crippen molar-refractivity contribution < 1.29 is 4.79 Å². The summed E-state index contributed by atoms with van der Waals surface area (Å²) in [6, 6.07) is 4.97. The Kier molecular flexibility index (Phi) is 8.18. The molecule has 0 radical (unpaired) electrons. The van der Waals surface area contributed by atoms with Gasteiger partial charge in [0, 0.05) is 17.6 Å². The van der Waals surface area contributed by atoms with E-state index in [1.807, 2.05) is 4.90 Å². The highest BCUT2D eigenvalue weighted by Gasteiger charge is 2.29. The van der Waals surface area contributed by atoms with Crippen LogP contribution in [0.2, 0.25) is 0 Å². The van der Waals surface area contributed by atoms with E-state index < -0.39 is 0 Å². The fraction of sp³-hybridized carbons (Fsp3) is 0.696. The number of carbonyl (C=O) groups excluding carboxylic acids is 1. The van der Waals surface area contributed by atoms with Gasteiger partial charge in [-0.2, -0.15) is 0 Å². The monoisotopic (exact) mass is 345 g/mol. The smallest absolute Gasteiger partial charge is 0.254 e. The minimum absolute atomic E-state index is 0.202. The van der Waals surface area contributed by atoms with Gasteiger partial charge in [0.05, 0.1) is 0 Å². The maximum Gasteiger partial charge on any atom is 0.254 e. The standard InChI is InChI=1S/C23H39NO/c1-10-17(8)20-13-19(12-3)14-21(18(9)11-2)22(20)23(25)24(15(4)5)16(6)7/h13-18H,10-12H2,1-9H3/t17-,18-/m1/s1. The van der Waals surface area contributed by atoms with Gasteiger partial charge in [0.25, 0.3) is 5.91 Å². The summed E-state index contributed by atoms with van der Waals surface area (Å²) in [5, 5.41) is 0. The molecule has 0 heterocycles. The molecule has 0 aliphatic carbocycles. The topological polar surface area (TPSA) is 20.3 Å². The molecule has 0 fully saturated rings. The van der Waals surface area contributed by atoms with Gasteiger partial charge in [0.2, 0.25) is 0 Å². The fourth-order valence-electron chi connectivity index (χ4n) is 3.61. The van der Waals surface area contributed by atoms with E-state index in [1.54, 1.807) is 0 Å². The lowest BCUT2D eigenvalue weighted by Crippen LogP contribution is -2.43. The molecular formula is C23H39NO. The second kappa shape index (κ2) is 9.40. The van der Waals surface area contributed by atoms with E-state index in [2.05, 4.69) is 74.4 Å². The van der Waals surface area contributed by atoms with Crippen LogP contribution in [0.1, 0.15) is 114 Å². The molecule has 0 aliphatic rings. The third-order valence-electron chi connectivity index (χ3n) is 5.52. The highest BCUT2D eigenvalue weighted by atomic mass is 16.2. The van der Waals surface area contributed by atoms with Crippen LogP contribution in [-0.4, -0.2) is 22.9 Å². The molecule has 0 unspecified atom stereocenters. The Morgan fingerprint density at radius 3 is 1.52 bits per heavy atom. The molecule has 0 aromatic heterocycles. The van der Waals surface area contributed by atoms with Gasteiger partial charge in [-0.3, -0.25) is 4.79 Å². The van der Waals surface area contributed by atoms with E-state index in [1.165, 1.54) is 16.7 Å². The summed E-state index contributed by atoms with van der Waals surface area (Å²) >= 11 is 0. The van der Waals surface area contributed by atoms with Crippen molar-refractivity contribution in [3.8, 4) is 0 Å². The summed E-state index contributed by atoms with van der Waals surface area (Å²) in [7, 11) is 0. The Morgan fingerprint density at radius 1 is 0.840 bits per heavy atom. The quantitative estimate of drug-likeness (QED) is 0.524. The average molecular weight is 346 g/mol. The second-order valence-electron chi connectivity index (χ2n) is 8.02. The minimum Gasteiger partial charge on any atom is -0.334 e. The van der Waals surface area contributed by atoms with E-state index in [0.29, 0.717) is 11.8 Å². The van der Waals surface area contributed by atoms with E-state index in [9.17, 15) is 4.79 Å². The SMILES string of the molecule is CCc1cc([C@H](C)CC)c(C(=O)N(C(C)C)C(C)C)c([C@H](C)CC)c1. The molecule has 0 saturated heterocycles. The molecule has 0 saturated carbocycles. The summed E-state index contributed by atoms with van der Waals surface area (Å²) in [6.45, 7) is 19.6. The maximum atomic E-state index is 13.6. The lowest BCUT2D eigenvalue weighted by Gasteiger charge is -2.34. The van der Waals surface area contributed by atoms with Crippen LogP contribution in [0.15, 0.2) is 12.1 Å². The highest BCUT2D eigenvalue weighted by Crippen LogP contribution is 2.34. The third kappa shape index (κ3) is 4.86. The van der Waals surface area contributed by atoms with Crippen molar-refractivity contribution in [3.05, 3.63) is 34.4 Å². The van der Waals surface area contributed by atoms with E-state index in [0.717, 1.165) is 24.8 Å². The van der Waals surface area contributed by atoms with Crippen molar-refractivity contribution in [2.45, 2.75) is 105 Å². The van der Waals surface area contributed by atoms with E-state index in [4.69, 9.17) is 0 Å². The average Bonchev–Trinajstić information content (AvgIpc) is 2.58. The van der Waals surface area contributed by atoms with Crippen LogP contribution < -0.4 is 0 Å². The van der Waals surface area contributed by atoms with Gasteiger partial charge in [0.15, 0.2) is 0 Å². The van der Waals surface area contributed by atoms with E-state index in [-0.39, 0.29) is 18.0 Å². The summed E-state index contributed by atoms with van der Waals surface area (Å²) in [6.07, 6.45) is 3.12. The predicted molar refractivity (Wildman–Crippen MR) is 110 cm³/mol. The van der Waals surface area contributed by atoms with Gasteiger partial charge in [0.1, 0.15) is 0 Å². The van der Waals surface area contributed by atoms with Crippen LogP contribution in [0.3, 0.4) is 0 Å². The number of amides is 1. The Labute approximate surface area is 156 Å².